The normalized spacial score (nSPS) is 13.0. The predicted molar refractivity (Wildman–Crippen MR) is 73.5 cm³/mol. The standard InChI is InChI=1S/C12H15ClO6S/c1-7(6-18-2)20(16,17)10-5-8(13)4-9(12(14)15)11(10)19-3/h4-5,7H,6H2,1-3H3,(H,14,15). The third kappa shape index (κ3) is 3.23. The second-order valence-electron chi connectivity index (χ2n) is 4.10. The molecule has 0 amide bonds. The van der Waals surface area contributed by atoms with Crippen LogP contribution in [0.4, 0.5) is 0 Å². The van der Waals surface area contributed by atoms with Gasteiger partial charge in [0.15, 0.2) is 15.6 Å². The molecule has 0 heterocycles. The first kappa shape index (κ1) is 16.7. The van der Waals surface area contributed by atoms with Gasteiger partial charge in [-0.05, 0) is 19.1 Å². The summed E-state index contributed by atoms with van der Waals surface area (Å²) in [5.41, 5.74) is -0.303. The van der Waals surface area contributed by atoms with E-state index >= 15 is 0 Å². The van der Waals surface area contributed by atoms with E-state index in [0.29, 0.717) is 0 Å². The van der Waals surface area contributed by atoms with Crippen LogP contribution in [-0.2, 0) is 14.6 Å². The van der Waals surface area contributed by atoms with Gasteiger partial charge in [-0.15, -0.1) is 0 Å². The minimum absolute atomic E-state index is 0.00592. The van der Waals surface area contributed by atoms with Crippen molar-refractivity contribution in [2.24, 2.45) is 0 Å². The molecule has 1 N–H and O–H groups in total. The summed E-state index contributed by atoms with van der Waals surface area (Å²) in [7, 11) is -1.24. The average Bonchev–Trinajstić information content (AvgIpc) is 2.37. The number of carbonyl (C=O) groups is 1. The van der Waals surface area contributed by atoms with E-state index < -0.39 is 21.1 Å². The predicted octanol–water partition coefficient (Wildman–Crippen LogP) is 1.86. The minimum Gasteiger partial charge on any atom is -0.494 e. The van der Waals surface area contributed by atoms with Gasteiger partial charge in [-0.25, -0.2) is 13.2 Å². The zero-order valence-corrected chi connectivity index (χ0v) is 12.8. The second kappa shape index (κ2) is 6.43. The van der Waals surface area contributed by atoms with E-state index in [0.717, 1.165) is 6.07 Å². The van der Waals surface area contributed by atoms with Crippen molar-refractivity contribution in [3.8, 4) is 5.75 Å². The third-order valence-corrected chi connectivity index (χ3v) is 5.02. The Morgan fingerprint density at radius 2 is 2.00 bits per heavy atom. The minimum atomic E-state index is -3.82. The summed E-state index contributed by atoms with van der Waals surface area (Å²) in [6, 6.07) is 2.32. The number of rotatable bonds is 6. The largest absolute Gasteiger partial charge is 0.494 e. The number of halogens is 1. The lowest BCUT2D eigenvalue weighted by Crippen LogP contribution is -2.24. The van der Waals surface area contributed by atoms with Gasteiger partial charge in [0.25, 0.3) is 0 Å². The fourth-order valence-electron chi connectivity index (χ4n) is 1.69. The van der Waals surface area contributed by atoms with Gasteiger partial charge in [0, 0.05) is 12.1 Å². The summed E-state index contributed by atoms with van der Waals surface area (Å²) in [6.45, 7) is 1.43. The van der Waals surface area contributed by atoms with Crippen LogP contribution in [0.25, 0.3) is 0 Å². The summed E-state index contributed by atoms with van der Waals surface area (Å²) in [4.78, 5) is 10.9. The van der Waals surface area contributed by atoms with Crippen LogP contribution in [0, 0.1) is 0 Å². The van der Waals surface area contributed by atoms with E-state index in [1.165, 1.54) is 27.2 Å². The molecule has 1 aromatic rings. The molecule has 0 bridgehead atoms. The monoisotopic (exact) mass is 322 g/mol. The molecule has 8 heteroatoms. The van der Waals surface area contributed by atoms with Crippen molar-refractivity contribution >= 4 is 27.4 Å². The van der Waals surface area contributed by atoms with Crippen molar-refractivity contribution in [1.82, 2.24) is 0 Å². The molecule has 1 unspecified atom stereocenters. The Morgan fingerprint density at radius 1 is 1.40 bits per heavy atom. The summed E-state index contributed by atoms with van der Waals surface area (Å²) in [6.07, 6.45) is 0. The molecule has 0 fully saturated rings. The number of aromatic carboxylic acids is 1. The van der Waals surface area contributed by atoms with Gasteiger partial charge in [0.1, 0.15) is 10.5 Å². The maximum absolute atomic E-state index is 12.4. The SMILES string of the molecule is COCC(C)S(=O)(=O)c1cc(Cl)cc(C(=O)O)c1OC. The lowest BCUT2D eigenvalue weighted by molar-refractivity contribution is 0.0693. The highest BCUT2D eigenvalue weighted by molar-refractivity contribution is 7.92. The Morgan fingerprint density at radius 3 is 2.45 bits per heavy atom. The van der Waals surface area contributed by atoms with Crippen LogP contribution in [0.5, 0.6) is 5.75 Å². The molecular weight excluding hydrogens is 308 g/mol. The zero-order valence-electron chi connectivity index (χ0n) is 11.2. The highest BCUT2D eigenvalue weighted by Gasteiger charge is 2.30. The first-order valence-electron chi connectivity index (χ1n) is 5.59. The maximum Gasteiger partial charge on any atom is 0.339 e. The molecule has 20 heavy (non-hydrogen) atoms. The Hall–Kier alpha value is -1.31. The van der Waals surface area contributed by atoms with Crippen LogP contribution in [0.3, 0.4) is 0 Å². The van der Waals surface area contributed by atoms with E-state index in [9.17, 15) is 13.2 Å². The Labute approximate surface area is 122 Å². The lowest BCUT2D eigenvalue weighted by atomic mass is 10.2. The van der Waals surface area contributed by atoms with E-state index in [1.54, 1.807) is 0 Å². The number of hydrogen-bond acceptors (Lipinski definition) is 5. The molecule has 0 aliphatic carbocycles. The fraction of sp³-hybridized carbons (Fsp3) is 0.417. The van der Waals surface area contributed by atoms with Gasteiger partial charge in [-0.2, -0.15) is 0 Å². The van der Waals surface area contributed by atoms with E-state index in [4.69, 9.17) is 26.2 Å². The van der Waals surface area contributed by atoms with Crippen molar-refractivity contribution in [1.29, 1.82) is 0 Å². The second-order valence-corrected chi connectivity index (χ2v) is 6.87. The van der Waals surface area contributed by atoms with Crippen LogP contribution in [-0.4, -0.2) is 45.6 Å². The van der Waals surface area contributed by atoms with Crippen molar-refractivity contribution in [2.45, 2.75) is 17.1 Å². The number of hydrogen-bond donors (Lipinski definition) is 1. The lowest BCUT2D eigenvalue weighted by Gasteiger charge is -2.16. The third-order valence-electron chi connectivity index (χ3n) is 2.69. The van der Waals surface area contributed by atoms with Gasteiger partial charge >= 0.3 is 5.97 Å². The molecule has 112 valence electrons. The van der Waals surface area contributed by atoms with Crippen molar-refractivity contribution in [3.63, 3.8) is 0 Å². The zero-order chi connectivity index (χ0) is 15.5. The number of methoxy groups -OCH3 is 2. The molecule has 1 aromatic carbocycles. The number of benzene rings is 1. The summed E-state index contributed by atoms with van der Waals surface area (Å²) < 4.78 is 34.6. The molecule has 1 rings (SSSR count). The number of sulfone groups is 1. The molecule has 0 spiro atoms. The first-order valence-corrected chi connectivity index (χ1v) is 7.51. The highest BCUT2D eigenvalue weighted by Crippen LogP contribution is 2.34. The van der Waals surface area contributed by atoms with Crippen molar-refractivity contribution in [3.05, 3.63) is 22.7 Å². The Balaban J connectivity index is 3.56. The molecule has 0 saturated carbocycles. The molecule has 0 radical (unpaired) electrons. The molecular formula is C12H15ClO6S. The highest BCUT2D eigenvalue weighted by atomic mass is 35.5. The van der Waals surface area contributed by atoms with E-state index in [2.05, 4.69) is 0 Å². The van der Waals surface area contributed by atoms with Gasteiger partial charge in [0.2, 0.25) is 0 Å². The summed E-state index contributed by atoms with van der Waals surface area (Å²) in [5, 5.41) is 8.24. The number of carboxylic acids is 1. The van der Waals surface area contributed by atoms with Gasteiger partial charge in [-0.1, -0.05) is 11.6 Å². The quantitative estimate of drug-likeness (QED) is 0.859. The van der Waals surface area contributed by atoms with Gasteiger partial charge < -0.3 is 14.6 Å². The Bertz CT molecular complexity index is 611. The Kier molecular flexibility index (Phi) is 5.38. The van der Waals surface area contributed by atoms with Gasteiger partial charge in [0.05, 0.1) is 19.0 Å². The first-order chi connectivity index (χ1) is 9.25. The van der Waals surface area contributed by atoms with Crippen LogP contribution in [0.1, 0.15) is 17.3 Å². The number of ether oxygens (including phenoxy) is 2. The average molecular weight is 323 g/mol. The summed E-state index contributed by atoms with van der Waals surface area (Å²) >= 11 is 5.80. The van der Waals surface area contributed by atoms with Crippen molar-refractivity contribution in [2.75, 3.05) is 20.8 Å². The summed E-state index contributed by atoms with van der Waals surface area (Å²) in [5.74, 6) is -1.55. The fourth-order valence-corrected chi connectivity index (χ4v) is 3.46. The van der Waals surface area contributed by atoms with E-state index in [1.807, 2.05) is 0 Å². The van der Waals surface area contributed by atoms with Crippen molar-refractivity contribution < 1.29 is 27.8 Å². The van der Waals surface area contributed by atoms with Crippen LogP contribution < -0.4 is 4.74 Å². The van der Waals surface area contributed by atoms with E-state index in [-0.39, 0.29) is 27.8 Å². The molecule has 1 atom stereocenters. The van der Waals surface area contributed by atoms with Gasteiger partial charge in [-0.3, -0.25) is 0 Å². The molecule has 0 aliphatic heterocycles. The maximum atomic E-state index is 12.4. The van der Waals surface area contributed by atoms with Crippen LogP contribution in [0.15, 0.2) is 17.0 Å². The van der Waals surface area contributed by atoms with Crippen LogP contribution in [0.2, 0.25) is 5.02 Å². The topological polar surface area (TPSA) is 89.9 Å². The van der Waals surface area contributed by atoms with Crippen LogP contribution >= 0.6 is 11.6 Å². The molecule has 0 aromatic heterocycles. The molecule has 6 nitrogen and oxygen atoms in total. The smallest absolute Gasteiger partial charge is 0.339 e. The molecule has 0 aliphatic rings. The number of carboxylic acid groups (broad SMARTS) is 1. The molecule has 0 saturated heterocycles.